The lowest BCUT2D eigenvalue weighted by atomic mass is 10.1. The van der Waals surface area contributed by atoms with Crippen LogP contribution in [0.3, 0.4) is 0 Å². The number of benzene rings is 1. The molecule has 0 aromatic heterocycles. The van der Waals surface area contributed by atoms with E-state index in [1.165, 1.54) is 12.8 Å². The van der Waals surface area contributed by atoms with Crippen LogP contribution >= 0.6 is 0 Å². The van der Waals surface area contributed by atoms with Crippen molar-refractivity contribution in [3.63, 3.8) is 0 Å². The number of hydrogen-bond acceptors (Lipinski definition) is 2. The van der Waals surface area contributed by atoms with E-state index in [4.69, 9.17) is 0 Å². The number of anilines is 1. The summed E-state index contributed by atoms with van der Waals surface area (Å²) < 4.78 is 0. The third kappa shape index (κ3) is 4.86. The molecule has 2 amide bonds. The van der Waals surface area contributed by atoms with Crippen LogP contribution in [0.2, 0.25) is 0 Å². The topological polar surface area (TPSA) is 49.4 Å². The third-order valence-electron chi connectivity index (χ3n) is 4.29. The van der Waals surface area contributed by atoms with Gasteiger partial charge in [-0.05, 0) is 37.5 Å². The smallest absolute Gasteiger partial charge is 0.244 e. The van der Waals surface area contributed by atoms with Gasteiger partial charge < -0.3 is 10.2 Å². The Morgan fingerprint density at radius 3 is 2.45 bits per heavy atom. The van der Waals surface area contributed by atoms with Crippen molar-refractivity contribution >= 4 is 17.5 Å². The molecule has 1 aliphatic carbocycles. The first-order chi connectivity index (χ1) is 10.6. The minimum Gasteiger partial charge on any atom is -0.331 e. The SMILES string of the molecule is CC(=O)N(CC(=O)Nc1cccc(C)c1)C1CCCCCC1. The van der Waals surface area contributed by atoms with E-state index in [1.54, 1.807) is 11.8 Å². The fourth-order valence-corrected chi connectivity index (χ4v) is 3.15. The summed E-state index contributed by atoms with van der Waals surface area (Å²) in [6, 6.07) is 7.92. The van der Waals surface area contributed by atoms with Crippen molar-refractivity contribution in [3.8, 4) is 0 Å². The number of carbonyl (C=O) groups is 2. The van der Waals surface area contributed by atoms with Crippen LogP contribution in [0, 0.1) is 6.92 Å². The molecule has 0 heterocycles. The molecule has 1 fully saturated rings. The fourth-order valence-electron chi connectivity index (χ4n) is 3.15. The van der Waals surface area contributed by atoms with Crippen molar-refractivity contribution in [3.05, 3.63) is 29.8 Å². The molecule has 1 N–H and O–H groups in total. The normalized spacial score (nSPS) is 15.9. The molecule has 0 spiro atoms. The number of nitrogens with one attached hydrogen (secondary N) is 1. The molecule has 1 saturated carbocycles. The third-order valence-corrected chi connectivity index (χ3v) is 4.29. The van der Waals surface area contributed by atoms with Crippen LogP contribution in [0.1, 0.15) is 51.0 Å². The fraction of sp³-hybridized carbons (Fsp3) is 0.556. The van der Waals surface area contributed by atoms with Gasteiger partial charge in [0, 0.05) is 18.7 Å². The molecular formula is C18H26N2O2. The quantitative estimate of drug-likeness (QED) is 0.865. The molecule has 4 nitrogen and oxygen atoms in total. The Kier molecular flexibility index (Phi) is 5.99. The molecule has 2 rings (SSSR count). The molecule has 120 valence electrons. The van der Waals surface area contributed by atoms with Crippen LogP contribution in [0.4, 0.5) is 5.69 Å². The maximum atomic E-state index is 12.3. The van der Waals surface area contributed by atoms with Crippen molar-refractivity contribution in [1.29, 1.82) is 0 Å². The summed E-state index contributed by atoms with van der Waals surface area (Å²) in [7, 11) is 0. The van der Waals surface area contributed by atoms with Gasteiger partial charge in [-0.2, -0.15) is 0 Å². The van der Waals surface area contributed by atoms with Gasteiger partial charge in [0.15, 0.2) is 0 Å². The highest BCUT2D eigenvalue weighted by Crippen LogP contribution is 2.22. The predicted molar refractivity (Wildman–Crippen MR) is 88.7 cm³/mol. The lowest BCUT2D eigenvalue weighted by Gasteiger charge is -2.29. The Bertz CT molecular complexity index is 520. The van der Waals surface area contributed by atoms with Gasteiger partial charge in [0.05, 0.1) is 0 Å². The number of carbonyl (C=O) groups excluding carboxylic acids is 2. The zero-order valence-electron chi connectivity index (χ0n) is 13.6. The number of amides is 2. The first-order valence-corrected chi connectivity index (χ1v) is 8.20. The Hall–Kier alpha value is -1.84. The Morgan fingerprint density at radius 2 is 1.86 bits per heavy atom. The van der Waals surface area contributed by atoms with E-state index in [2.05, 4.69) is 5.32 Å². The minimum absolute atomic E-state index is 0.00806. The van der Waals surface area contributed by atoms with Crippen molar-refractivity contribution in [2.24, 2.45) is 0 Å². The van der Waals surface area contributed by atoms with Crippen LogP contribution in [0.5, 0.6) is 0 Å². The van der Waals surface area contributed by atoms with Crippen molar-refractivity contribution in [2.75, 3.05) is 11.9 Å². The van der Waals surface area contributed by atoms with E-state index in [0.29, 0.717) is 0 Å². The number of aryl methyl sites for hydroxylation is 1. The van der Waals surface area contributed by atoms with Crippen LogP contribution in [-0.4, -0.2) is 29.3 Å². The second-order valence-corrected chi connectivity index (χ2v) is 6.21. The molecule has 0 aliphatic heterocycles. The van der Waals surface area contributed by atoms with Gasteiger partial charge in [0.1, 0.15) is 6.54 Å². The molecule has 22 heavy (non-hydrogen) atoms. The average Bonchev–Trinajstić information content (AvgIpc) is 2.73. The zero-order valence-corrected chi connectivity index (χ0v) is 13.6. The number of hydrogen-bond donors (Lipinski definition) is 1. The molecule has 4 heteroatoms. The van der Waals surface area contributed by atoms with Gasteiger partial charge in [0.2, 0.25) is 11.8 Å². The van der Waals surface area contributed by atoms with Gasteiger partial charge in [-0.1, -0.05) is 37.8 Å². The molecule has 0 unspecified atom stereocenters. The maximum absolute atomic E-state index is 12.3. The van der Waals surface area contributed by atoms with Crippen LogP contribution in [0.15, 0.2) is 24.3 Å². The van der Waals surface area contributed by atoms with Crippen molar-refractivity contribution in [2.45, 2.75) is 58.4 Å². The number of nitrogens with zero attached hydrogens (tertiary/aromatic N) is 1. The molecular weight excluding hydrogens is 276 g/mol. The van der Waals surface area contributed by atoms with Crippen molar-refractivity contribution in [1.82, 2.24) is 4.90 Å². The van der Waals surface area contributed by atoms with Gasteiger partial charge >= 0.3 is 0 Å². The van der Waals surface area contributed by atoms with E-state index in [0.717, 1.165) is 36.9 Å². The molecule has 0 saturated heterocycles. The Balaban J connectivity index is 1.97. The molecule has 0 radical (unpaired) electrons. The summed E-state index contributed by atoms with van der Waals surface area (Å²) in [6.45, 7) is 3.70. The highest BCUT2D eigenvalue weighted by molar-refractivity contribution is 5.94. The summed E-state index contributed by atoms with van der Waals surface area (Å²) in [5, 5.41) is 2.89. The largest absolute Gasteiger partial charge is 0.331 e. The summed E-state index contributed by atoms with van der Waals surface area (Å²) >= 11 is 0. The van der Waals surface area contributed by atoms with Crippen LogP contribution in [-0.2, 0) is 9.59 Å². The van der Waals surface area contributed by atoms with E-state index in [9.17, 15) is 9.59 Å². The standard InChI is InChI=1S/C18H26N2O2/c1-14-8-7-9-16(12-14)19-18(22)13-20(15(2)21)17-10-5-3-4-6-11-17/h7-9,12,17H,3-6,10-11,13H2,1-2H3,(H,19,22). The summed E-state index contributed by atoms with van der Waals surface area (Å²) in [5.41, 5.74) is 1.89. The highest BCUT2D eigenvalue weighted by Gasteiger charge is 2.24. The molecule has 0 atom stereocenters. The molecule has 0 bridgehead atoms. The van der Waals surface area contributed by atoms with Gasteiger partial charge in [-0.15, -0.1) is 0 Å². The predicted octanol–water partition coefficient (Wildman–Crippen LogP) is 3.50. The van der Waals surface area contributed by atoms with Crippen LogP contribution < -0.4 is 5.32 Å². The molecule has 1 aromatic carbocycles. The van der Waals surface area contributed by atoms with Gasteiger partial charge in [0.25, 0.3) is 0 Å². The van der Waals surface area contributed by atoms with E-state index in [-0.39, 0.29) is 24.4 Å². The van der Waals surface area contributed by atoms with Gasteiger partial charge in [-0.3, -0.25) is 9.59 Å². The summed E-state index contributed by atoms with van der Waals surface area (Å²) in [4.78, 5) is 26.0. The Morgan fingerprint density at radius 1 is 1.18 bits per heavy atom. The first-order valence-electron chi connectivity index (χ1n) is 8.20. The second kappa shape index (κ2) is 7.97. The molecule has 1 aromatic rings. The lowest BCUT2D eigenvalue weighted by Crippen LogP contribution is -2.43. The van der Waals surface area contributed by atoms with E-state index >= 15 is 0 Å². The van der Waals surface area contributed by atoms with E-state index in [1.807, 2.05) is 31.2 Å². The number of rotatable bonds is 4. The zero-order chi connectivity index (χ0) is 15.9. The van der Waals surface area contributed by atoms with E-state index < -0.39 is 0 Å². The van der Waals surface area contributed by atoms with Gasteiger partial charge in [-0.25, -0.2) is 0 Å². The second-order valence-electron chi connectivity index (χ2n) is 6.21. The summed E-state index contributed by atoms with van der Waals surface area (Å²) in [5.74, 6) is -0.128. The molecule has 1 aliphatic rings. The maximum Gasteiger partial charge on any atom is 0.244 e. The lowest BCUT2D eigenvalue weighted by molar-refractivity contribution is -0.135. The minimum atomic E-state index is -0.120. The highest BCUT2D eigenvalue weighted by atomic mass is 16.2. The Labute approximate surface area is 132 Å². The van der Waals surface area contributed by atoms with Crippen molar-refractivity contribution < 1.29 is 9.59 Å². The average molecular weight is 302 g/mol. The first kappa shape index (κ1) is 16.5. The monoisotopic (exact) mass is 302 g/mol. The van der Waals surface area contributed by atoms with Crippen LogP contribution in [0.25, 0.3) is 0 Å². The summed E-state index contributed by atoms with van der Waals surface area (Å²) in [6.07, 6.45) is 6.78.